The molecule has 0 spiro atoms. The van der Waals surface area contributed by atoms with Crippen LogP contribution in [0.15, 0.2) is 90.3 Å². The lowest BCUT2D eigenvalue weighted by Gasteiger charge is -2.25. The number of thiophene rings is 1. The van der Waals surface area contributed by atoms with Gasteiger partial charge in [0.2, 0.25) is 0 Å². The van der Waals surface area contributed by atoms with Gasteiger partial charge in [-0.05, 0) is 59.7 Å². The zero-order valence-electron chi connectivity index (χ0n) is 19.7. The van der Waals surface area contributed by atoms with Crippen LogP contribution in [0.4, 0.5) is 17.1 Å². The molecular formula is C29H24N2O4S. The van der Waals surface area contributed by atoms with Crippen molar-refractivity contribution in [3.8, 4) is 0 Å². The quantitative estimate of drug-likeness (QED) is 0.335. The van der Waals surface area contributed by atoms with Gasteiger partial charge in [-0.15, -0.1) is 11.3 Å². The highest BCUT2D eigenvalue weighted by atomic mass is 32.1. The van der Waals surface area contributed by atoms with Crippen LogP contribution in [0.25, 0.3) is 0 Å². The number of aryl methyl sites for hydroxylation is 2. The van der Waals surface area contributed by atoms with Crippen molar-refractivity contribution in [3.63, 3.8) is 0 Å². The zero-order chi connectivity index (χ0) is 25.1. The first kappa shape index (κ1) is 23.5. The van der Waals surface area contributed by atoms with Gasteiger partial charge in [0.1, 0.15) is 0 Å². The molecule has 7 heteroatoms. The van der Waals surface area contributed by atoms with Crippen LogP contribution in [0, 0.1) is 0 Å². The Morgan fingerprint density at radius 3 is 2.08 bits per heavy atom. The molecule has 3 aromatic carbocycles. The van der Waals surface area contributed by atoms with Crippen molar-refractivity contribution < 1.29 is 19.1 Å². The van der Waals surface area contributed by atoms with Gasteiger partial charge < -0.3 is 9.64 Å². The Labute approximate surface area is 213 Å². The van der Waals surface area contributed by atoms with Gasteiger partial charge in [0, 0.05) is 7.05 Å². The number of amides is 2. The van der Waals surface area contributed by atoms with Crippen LogP contribution in [0.1, 0.15) is 31.2 Å². The number of para-hydroxylation sites is 3. The number of rotatable bonds is 5. The predicted octanol–water partition coefficient (Wildman–Crippen LogP) is 5.65. The van der Waals surface area contributed by atoms with Crippen molar-refractivity contribution in [1.82, 2.24) is 0 Å². The lowest BCUT2D eigenvalue weighted by atomic mass is 10.0. The minimum absolute atomic E-state index is 0.217. The molecule has 4 aromatic rings. The normalized spacial score (nSPS) is 12.2. The number of esters is 1. The summed E-state index contributed by atoms with van der Waals surface area (Å²) in [4.78, 5) is 43.0. The molecule has 0 aliphatic carbocycles. The maximum Gasteiger partial charge on any atom is 0.340 e. The molecular weight excluding hydrogens is 472 g/mol. The van der Waals surface area contributed by atoms with E-state index >= 15 is 0 Å². The largest absolute Gasteiger partial charge is 0.452 e. The second-order valence-corrected chi connectivity index (χ2v) is 9.37. The Balaban J connectivity index is 1.38. The number of carbonyl (C=O) groups is 3. The number of carbonyl (C=O) groups excluding carboxylic acids is 3. The van der Waals surface area contributed by atoms with Crippen molar-refractivity contribution in [2.45, 2.75) is 12.8 Å². The first-order valence-electron chi connectivity index (χ1n) is 11.6. The minimum atomic E-state index is -0.666. The number of anilines is 3. The summed E-state index contributed by atoms with van der Waals surface area (Å²) in [5.74, 6) is -1.23. The lowest BCUT2D eigenvalue weighted by Crippen LogP contribution is -2.32. The molecule has 0 fully saturated rings. The Hall–Kier alpha value is -4.23. The summed E-state index contributed by atoms with van der Waals surface area (Å²) < 4.78 is 5.51. The fraction of sp³-hybridized carbons (Fsp3) is 0.138. The van der Waals surface area contributed by atoms with E-state index in [4.69, 9.17) is 4.74 Å². The number of nitrogens with zero attached hydrogens (tertiary/aromatic N) is 2. The van der Waals surface area contributed by atoms with Crippen molar-refractivity contribution >= 4 is 46.2 Å². The molecule has 1 aliphatic rings. The third-order valence-electron chi connectivity index (χ3n) is 6.23. The van der Waals surface area contributed by atoms with Gasteiger partial charge in [-0.25, -0.2) is 4.79 Å². The summed E-state index contributed by atoms with van der Waals surface area (Å²) in [6, 6.07) is 25.9. The van der Waals surface area contributed by atoms with E-state index in [2.05, 4.69) is 0 Å². The van der Waals surface area contributed by atoms with Crippen LogP contribution in [0.2, 0.25) is 0 Å². The Kier molecular flexibility index (Phi) is 6.64. The molecule has 0 radical (unpaired) electrons. The van der Waals surface area contributed by atoms with Gasteiger partial charge in [0.15, 0.2) is 6.61 Å². The highest BCUT2D eigenvalue weighted by molar-refractivity contribution is 7.12. The number of benzene rings is 3. The summed E-state index contributed by atoms with van der Waals surface area (Å²) >= 11 is 1.33. The van der Waals surface area contributed by atoms with Crippen LogP contribution >= 0.6 is 11.3 Å². The van der Waals surface area contributed by atoms with Crippen LogP contribution in [-0.4, -0.2) is 31.4 Å². The second kappa shape index (κ2) is 10.2. The fourth-order valence-electron chi connectivity index (χ4n) is 4.43. The van der Waals surface area contributed by atoms with Crippen molar-refractivity contribution in [2.75, 3.05) is 23.5 Å². The van der Waals surface area contributed by atoms with Crippen molar-refractivity contribution in [3.05, 3.63) is 112 Å². The first-order valence-corrected chi connectivity index (χ1v) is 12.5. The number of ether oxygens (including phenoxy) is 1. The molecule has 180 valence electrons. The summed E-state index contributed by atoms with van der Waals surface area (Å²) in [6.45, 7) is -0.432. The van der Waals surface area contributed by atoms with Crippen LogP contribution in [0.3, 0.4) is 0 Å². The standard InChI is InChI=1S/C29H24N2O4S/c1-30(28(33)26-15-8-18-36-26)25-14-7-4-11-22(25)29(34)35-19-27(32)31-23-12-5-2-9-20(23)16-17-21-10-3-6-13-24(21)31/h2-15,18H,16-17,19H2,1H3. The zero-order valence-corrected chi connectivity index (χ0v) is 20.5. The van der Waals surface area contributed by atoms with E-state index < -0.39 is 12.6 Å². The average Bonchev–Trinajstić information content (AvgIpc) is 3.40. The highest BCUT2D eigenvalue weighted by Gasteiger charge is 2.27. The van der Waals surface area contributed by atoms with E-state index in [-0.39, 0.29) is 17.4 Å². The van der Waals surface area contributed by atoms with E-state index in [0.29, 0.717) is 10.6 Å². The summed E-state index contributed by atoms with van der Waals surface area (Å²) in [7, 11) is 1.62. The number of fused-ring (bicyclic) bond motifs is 2. The smallest absolute Gasteiger partial charge is 0.340 e. The van der Waals surface area contributed by atoms with Gasteiger partial charge in [0.25, 0.3) is 11.8 Å². The van der Waals surface area contributed by atoms with E-state index in [0.717, 1.165) is 35.3 Å². The molecule has 0 saturated heterocycles. The molecule has 0 bridgehead atoms. The minimum Gasteiger partial charge on any atom is -0.452 e. The molecule has 1 aliphatic heterocycles. The molecule has 0 unspecified atom stereocenters. The lowest BCUT2D eigenvalue weighted by molar-refractivity contribution is -0.120. The van der Waals surface area contributed by atoms with E-state index in [9.17, 15) is 14.4 Å². The van der Waals surface area contributed by atoms with Gasteiger partial charge >= 0.3 is 5.97 Å². The van der Waals surface area contributed by atoms with Crippen LogP contribution < -0.4 is 9.80 Å². The monoisotopic (exact) mass is 496 g/mol. The maximum atomic E-state index is 13.5. The fourth-order valence-corrected chi connectivity index (χ4v) is 5.13. The summed E-state index contributed by atoms with van der Waals surface area (Å²) in [6.07, 6.45) is 1.63. The SMILES string of the molecule is CN(C(=O)c1cccs1)c1ccccc1C(=O)OCC(=O)N1c2ccccc2CCc2ccccc21. The van der Waals surface area contributed by atoms with Gasteiger partial charge in [0.05, 0.1) is 27.5 Å². The van der Waals surface area contributed by atoms with Crippen LogP contribution in [0.5, 0.6) is 0 Å². The summed E-state index contributed by atoms with van der Waals surface area (Å²) in [5.41, 5.74) is 4.35. The molecule has 6 nitrogen and oxygen atoms in total. The molecule has 0 N–H and O–H groups in total. The maximum absolute atomic E-state index is 13.5. The Bertz CT molecular complexity index is 1380. The predicted molar refractivity (Wildman–Crippen MR) is 141 cm³/mol. The molecule has 2 amide bonds. The number of hydrogen-bond donors (Lipinski definition) is 0. The van der Waals surface area contributed by atoms with Crippen molar-refractivity contribution in [2.24, 2.45) is 0 Å². The highest BCUT2D eigenvalue weighted by Crippen LogP contribution is 2.36. The van der Waals surface area contributed by atoms with Gasteiger partial charge in [-0.2, -0.15) is 0 Å². The first-order chi connectivity index (χ1) is 17.5. The molecule has 1 aromatic heterocycles. The van der Waals surface area contributed by atoms with E-state index in [1.807, 2.05) is 53.9 Å². The topological polar surface area (TPSA) is 66.9 Å². The molecule has 5 rings (SSSR count). The molecule has 36 heavy (non-hydrogen) atoms. The molecule has 0 atom stereocenters. The molecule has 0 saturated carbocycles. The Morgan fingerprint density at radius 1 is 0.833 bits per heavy atom. The van der Waals surface area contributed by atoms with E-state index in [1.165, 1.54) is 16.2 Å². The number of hydrogen-bond acceptors (Lipinski definition) is 5. The summed E-state index contributed by atoms with van der Waals surface area (Å²) in [5, 5.41) is 1.83. The average molecular weight is 497 g/mol. The molecule has 2 heterocycles. The third kappa shape index (κ3) is 4.53. The Morgan fingerprint density at radius 2 is 1.44 bits per heavy atom. The van der Waals surface area contributed by atoms with E-state index in [1.54, 1.807) is 48.3 Å². The third-order valence-corrected chi connectivity index (χ3v) is 7.08. The second-order valence-electron chi connectivity index (χ2n) is 8.42. The van der Waals surface area contributed by atoms with Gasteiger partial charge in [-0.1, -0.05) is 54.6 Å². The van der Waals surface area contributed by atoms with Crippen molar-refractivity contribution in [1.29, 1.82) is 0 Å². The van der Waals surface area contributed by atoms with Gasteiger partial charge in [-0.3, -0.25) is 14.5 Å². The van der Waals surface area contributed by atoms with Crippen LogP contribution in [-0.2, 0) is 22.4 Å².